The molecule has 205 valence electrons. The van der Waals surface area contributed by atoms with Gasteiger partial charge in [-0.25, -0.2) is 0 Å². The van der Waals surface area contributed by atoms with E-state index in [-0.39, 0.29) is 31.9 Å². The van der Waals surface area contributed by atoms with Crippen molar-refractivity contribution in [3.63, 3.8) is 0 Å². The van der Waals surface area contributed by atoms with E-state index in [1.165, 1.54) is 27.9 Å². The van der Waals surface area contributed by atoms with Crippen molar-refractivity contribution in [1.82, 2.24) is 9.55 Å². The van der Waals surface area contributed by atoms with Gasteiger partial charge in [-0.1, -0.05) is 119 Å². The average Bonchev–Trinajstić information content (AvgIpc) is 3.53. The molecule has 6 aromatic rings. The summed E-state index contributed by atoms with van der Waals surface area (Å²) in [4.78, 5) is 5.18. The first-order valence-electron chi connectivity index (χ1n) is 14.3. The standard InChI is InChI=1S/C36H35N2O.Ir/c1-22(2)26-16-17-34-30(18-26)31(21-39-34)36-37-32-14-10-11-15-33(32)38(36)35-28(23(3)4)19-27(20-29(35)24(5)6)25-12-8-7-9-13-25;/h7-20,22-24H,1-6H3;/q-1;/i22D;. The van der Waals surface area contributed by atoms with Gasteiger partial charge in [0.1, 0.15) is 0 Å². The SMILES string of the molecule is [2H]C(C)(C)c1ccc2o[c-]c(-c3nc4ccccc4n3-c3c(C(C)C)cc(-c4ccccc4)cc3C(C)C)c2c1.[Ir]. The number of para-hydroxylation sites is 2. The zero-order valence-electron chi connectivity index (χ0n) is 24.9. The van der Waals surface area contributed by atoms with Crippen LogP contribution in [0.25, 0.3) is 50.2 Å². The molecule has 0 saturated carbocycles. The van der Waals surface area contributed by atoms with Crippen LogP contribution >= 0.6 is 0 Å². The van der Waals surface area contributed by atoms with Gasteiger partial charge in [-0.15, -0.1) is 0 Å². The quantitative estimate of drug-likeness (QED) is 0.162. The van der Waals surface area contributed by atoms with Gasteiger partial charge < -0.3 is 8.98 Å². The van der Waals surface area contributed by atoms with Crippen molar-refractivity contribution in [2.75, 3.05) is 0 Å². The number of hydrogen-bond donors (Lipinski definition) is 0. The van der Waals surface area contributed by atoms with Crippen LogP contribution < -0.4 is 0 Å². The van der Waals surface area contributed by atoms with E-state index in [2.05, 4.69) is 105 Å². The normalized spacial score (nSPS) is 12.3. The third-order valence-corrected chi connectivity index (χ3v) is 7.62. The maximum absolute atomic E-state index is 8.62. The van der Waals surface area contributed by atoms with Gasteiger partial charge >= 0.3 is 0 Å². The molecule has 0 amide bonds. The molecular weight excluding hydrogens is 669 g/mol. The van der Waals surface area contributed by atoms with E-state index in [0.29, 0.717) is 0 Å². The maximum atomic E-state index is 8.62. The molecule has 4 heteroatoms. The number of hydrogen-bond acceptors (Lipinski definition) is 2. The fraction of sp³-hybridized carbons (Fsp3) is 0.250. The summed E-state index contributed by atoms with van der Waals surface area (Å²) in [5.74, 6) is 0.638. The predicted octanol–water partition coefficient (Wildman–Crippen LogP) is 10.3. The number of furan rings is 1. The van der Waals surface area contributed by atoms with Crippen molar-refractivity contribution >= 4 is 22.0 Å². The van der Waals surface area contributed by atoms with Crippen LogP contribution in [0, 0.1) is 6.26 Å². The number of aromatic nitrogens is 2. The summed E-state index contributed by atoms with van der Waals surface area (Å²) in [5, 5.41) is 0.924. The van der Waals surface area contributed by atoms with E-state index in [1.807, 2.05) is 32.0 Å². The second-order valence-electron chi connectivity index (χ2n) is 11.2. The Morgan fingerprint density at radius 1 is 0.775 bits per heavy atom. The van der Waals surface area contributed by atoms with Crippen LogP contribution in [-0.2, 0) is 20.1 Å². The molecule has 1 radical (unpaired) electrons. The molecule has 0 fully saturated rings. The van der Waals surface area contributed by atoms with Gasteiger partial charge in [-0.3, -0.25) is 4.98 Å². The molecule has 0 unspecified atom stereocenters. The molecule has 6 rings (SSSR count). The van der Waals surface area contributed by atoms with Crippen molar-refractivity contribution in [2.24, 2.45) is 0 Å². The summed E-state index contributed by atoms with van der Waals surface area (Å²) in [7, 11) is 0. The van der Waals surface area contributed by atoms with Crippen LogP contribution in [0.2, 0.25) is 0 Å². The van der Waals surface area contributed by atoms with E-state index in [0.717, 1.165) is 39.0 Å². The average molecular weight is 705 g/mol. The van der Waals surface area contributed by atoms with Crippen molar-refractivity contribution in [3.05, 3.63) is 108 Å². The second-order valence-corrected chi connectivity index (χ2v) is 11.2. The molecule has 3 nitrogen and oxygen atoms in total. The predicted molar refractivity (Wildman–Crippen MR) is 163 cm³/mol. The molecule has 40 heavy (non-hydrogen) atoms. The number of fused-ring (bicyclic) bond motifs is 2. The van der Waals surface area contributed by atoms with E-state index in [4.69, 9.17) is 10.8 Å². The second kappa shape index (κ2) is 11.2. The first-order valence-corrected chi connectivity index (χ1v) is 13.8. The molecule has 0 N–H and O–H groups in total. The minimum Gasteiger partial charge on any atom is -0.557 e. The van der Waals surface area contributed by atoms with Crippen LogP contribution in [0.5, 0.6) is 0 Å². The Morgan fingerprint density at radius 2 is 1.43 bits per heavy atom. The fourth-order valence-corrected chi connectivity index (χ4v) is 5.49. The Balaban J connectivity index is 0.00000337. The molecule has 0 bridgehead atoms. The van der Waals surface area contributed by atoms with E-state index in [1.54, 1.807) is 0 Å². The molecule has 0 spiro atoms. The minimum atomic E-state index is -0.730. The van der Waals surface area contributed by atoms with Gasteiger partial charge in [-0.05, 0) is 64.2 Å². The van der Waals surface area contributed by atoms with E-state index < -0.39 is 5.89 Å². The topological polar surface area (TPSA) is 31.0 Å². The number of rotatable bonds is 6. The van der Waals surface area contributed by atoms with E-state index >= 15 is 0 Å². The summed E-state index contributed by atoms with van der Waals surface area (Å²) in [5.41, 5.74) is 10.6. The first-order chi connectivity index (χ1) is 19.1. The minimum absolute atomic E-state index is 0. The third kappa shape index (κ3) is 4.85. The largest absolute Gasteiger partial charge is 0.557 e. The summed E-state index contributed by atoms with van der Waals surface area (Å²) in [6, 6.07) is 29.6. The number of imidazole rings is 1. The van der Waals surface area contributed by atoms with Gasteiger partial charge in [0.15, 0.2) is 0 Å². The zero-order chi connectivity index (χ0) is 28.2. The van der Waals surface area contributed by atoms with Gasteiger partial charge in [0.2, 0.25) is 0 Å². The van der Waals surface area contributed by atoms with Crippen LogP contribution in [0.1, 0.15) is 77.3 Å². The number of benzene rings is 4. The van der Waals surface area contributed by atoms with Crippen LogP contribution in [0.15, 0.2) is 89.3 Å². The molecule has 0 aliphatic rings. The van der Waals surface area contributed by atoms with Gasteiger partial charge in [0.25, 0.3) is 0 Å². The maximum Gasteiger partial charge on any atom is 0.0774 e. The Morgan fingerprint density at radius 3 is 2.08 bits per heavy atom. The molecule has 0 aliphatic carbocycles. The van der Waals surface area contributed by atoms with Crippen molar-refractivity contribution in [3.8, 4) is 28.2 Å². The van der Waals surface area contributed by atoms with Crippen LogP contribution in [-0.4, -0.2) is 9.55 Å². The van der Waals surface area contributed by atoms with Crippen molar-refractivity contribution in [2.45, 2.75) is 59.3 Å². The molecule has 2 aromatic heterocycles. The van der Waals surface area contributed by atoms with Gasteiger partial charge in [0.05, 0.1) is 16.9 Å². The van der Waals surface area contributed by atoms with Crippen molar-refractivity contribution < 1.29 is 25.9 Å². The smallest absolute Gasteiger partial charge is 0.0774 e. The summed E-state index contributed by atoms with van der Waals surface area (Å²) < 4.78 is 16.9. The molecule has 0 atom stereocenters. The summed E-state index contributed by atoms with van der Waals surface area (Å²) >= 11 is 0. The van der Waals surface area contributed by atoms with Crippen LogP contribution in [0.4, 0.5) is 0 Å². The summed E-state index contributed by atoms with van der Waals surface area (Å²) in [6.45, 7) is 12.9. The molecule has 0 aliphatic heterocycles. The summed E-state index contributed by atoms with van der Waals surface area (Å²) in [6.07, 6.45) is 3.19. The Bertz CT molecular complexity index is 1810. The van der Waals surface area contributed by atoms with Gasteiger partial charge in [-0.2, -0.15) is 0 Å². The van der Waals surface area contributed by atoms with Gasteiger partial charge in [0, 0.05) is 39.0 Å². The fourth-order valence-electron chi connectivity index (χ4n) is 5.49. The Labute approximate surface area is 252 Å². The van der Waals surface area contributed by atoms with E-state index in [9.17, 15) is 0 Å². The molecule has 2 heterocycles. The molecule has 0 saturated heterocycles. The van der Waals surface area contributed by atoms with Crippen LogP contribution in [0.3, 0.4) is 0 Å². The third-order valence-electron chi connectivity index (χ3n) is 7.62. The van der Waals surface area contributed by atoms with Crippen molar-refractivity contribution in [1.29, 1.82) is 0 Å². The molecular formula is C36H35IrN2O-. The monoisotopic (exact) mass is 705 g/mol. The Kier molecular flexibility index (Phi) is 7.49. The first kappa shape index (κ1) is 26.7. The Hall–Kier alpha value is -3.46. The molecule has 4 aromatic carbocycles. The number of nitrogens with zero attached hydrogens (tertiary/aromatic N) is 2. The zero-order valence-corrected chi connectivity index (χ0v) is 26.3.